The summed E-state index contributed by atoms with van der Waals surface area (Å²) in [6.45, 7) is 0.789. The average Bonchev–Trinajstić information content (AvgIpc) is 3.62. The van der Waals surface area contributed by atoms with Crippen molar-refractivity contribution in [1.82, 2.24) is 20.5 Å². The Hall–Kier alpha value is -4.12. The molecule has 192 valence electrons. The van der Waals surface area contributed by atoms with E-state index < -0.39 is 5.92 Å². The average molecular weight is 521 g/mol. The highest BCUT2D eigenvalue weighted by Crippen LogP contribution is 2.36. The number of amides is 2. The van der Waals surface area contributed by atoms with Gasteiger partial charge in [-0.1, -0.05) is 12.1 Å². The second kappa shape index (κ2) is 10.5. The Morgan fingerprint density at radius 1 is 1.22 bits per heavy atom. The number of fused-ring (bicyclic) bond motifs is 1. The van der Waals surface area contributed by atoms with E-state index in [9.17, 15) is 9.59 Å². The van der Waals surface area contributed by atoms with Gasteiger partial charge in [-0.3, -0.25) is 14.7 Å². The van der Waals surface area contributed by atoms with Crippen LogP contribution in [0.4, 0.5) is 11.5 Å². The van der Waals surface area contributed by atoms with Crippen molar-refractivity contribution in [1.29, 1.82) is 0 Å². The standard InChI is InChI=1S/C26H28N6O4S/c1-35-19-10-9-16(13-20(19)36-2)32-14-15(12-22(32)33)25(34)28-11-5-7-18-23(24(27)31-30-18)26-29-17-6-3-4-8-21(17)37-26/h3-4,6,8-10,13,15H,5,7,11-12,14H2,1-2H3,(H,28,34)(H3,27,30,31). The number of nitrogens with one attached hydrogen (secondary N) is 2. The van der Waals surface area contributed by atoms with Gasteiger partial charge < -0.3 is 25.4 Å². The van der Waals surface area contributed by atoms with Crippen LogP contribution in [0.25, 0.3) is 20.8 Å². The van der Waals surface area contributed by atoms with E-state index >= 15 is 0 Å². The van der Waals surface area contributed by atoms with E-state index in [4.69, 9.17) is 20.2 Å². The van der Waals surface area contributed by atoms with Gasteiger partial charge in [-0.25, -0.2) is 4.98 Å². The van der Waals surface area contributed by atoms with Crippen molar-refractivity contribution in [2.45, 2.75) is 19.3 Å². The molecular formula is C26H28N6O4S. The maximum Gasteiger partial charge on any atom is 0.227 e. The van der Waals surface area contributed by atoms with Crippen molar-refractivity contribution < 1.29 is 19.1 Å². The summed E-state index contributed by atoms with van der Waals surface area (Å²) < 4.78 is 11.7. The molecule has 2 amide bonds. The van der Waals surface area contributed by atoms with Gasteiger partial charge in [-0.2, -0.15) is 5.10 Å². The Labute approximate surface area is 217 Å². The fraction of sp³-hybridized carbons (Fsp3) is 0.308. The van der Waals surface area contributed by atoms with Gasteiger partial charge in [0.2, 0.25) is 11.8 Å². The van der Waals surface area contributed by atoms with E-state index in [0.29, 0.717) is 48.9 Å². The lowest BCUT2D eigenvalue weighted by Gasteiger charge is -2.18. The molecule has 1 fully saturated rings. The number of anilines is 2. The van der Waals surface area contributed by atoms with E-state index in [-0.39, 0.29) is 18.2 Å². The summed E-state index contributed by atoms with van der Waals surface area (Å²) in [5.41, 5.74) is 9.45. The minimum atomic E-state index is -0.415. The molecule has 4 aromatic rings. The first-order chi connectivity index (χ1) is 18.0. The maximum absolute atomic E-state index is 12.8. The highest BCUT2D eigenvalue weighted by Gasteiger charge is 2.35. The molecule has 1 aliphatic heterocycles. The predicted molar refractivity (Wildman–Crippen MR) is 143 cm³/mol. The number of carbonyl (C=O) groups excluding carboxylic acids is 2. The number of aromatic amines is 1. The first kappa shape index (κ1) is 24.6. The molecule has 0 radical (unpaired) electrons. The van der Waals surface area contributed by atoms with Crippen molar-refractivity contribution >= 4 is 44.9 Å². The summed E-state index contributed by atoms with van der Waals surface area (Å²) in [7, 11) is 3.10. The first-order valence-corrected chi connectivity index (χ1v) is 12.8. The number of rotatable bonds is 9. The van der Waals surface area contributed by atoms with Gasteiger partial charge in [0.25, 0.3) is 0 Å². The zero-order chi connectivity index (χ0) is 25.9. The van der Waals surface area contributed by atoms with Gasteiger partial charge in [0.15, 0.2) is 17.3 Å². The van der Waals surface area contributed by atoms with Gasteiger partial charge in [0, 0.05) is 37.0 Å². The molecule has 1 saturated heterocycles. The summed E-state index contributed by atoms with van der Waals surface area (Å²) in [6, 6.07) is 13.2. The fourth-order valence-electron chi connectivity index (χ4n) is 4.54. The third kappa shape index (κ3) is 4.94. The topological polar surface area (TPSA) is 135 Å². The molecular weight excluding hydrogens is 492 g/mol. The van der Waals surface area contributed by atoms with E-state index in [0.717, 1.165) is 26.5 Å². The van der Waals surface area contributed by atoms with Gasteiger partial charge in [0.1, 0.15) is 5.01 Å². The van der Waals surface area contributed by atoms with Crippen LogP contribution in [0.2, 0.25) is 0 Å². The number of carbonyl (C=O) groups is 2. The summed E-state index contributed by atoms with van der Waals surface area (Å²) in [5, 5.41) is 11.0. The SMILES string of the molecule is COc1ccc(N2CC(C(=O)NCCCc3[nH]nc(N)c3-c3nc4ccccc4s3)CC2=O)cc1OC. The van der Waals surface area contributed by atoms with Crippen molar-refractivity contribution in [3.8, 4) is 22.1 Å². The fourth-order valence-corrected chi connectivity index (χ4v) is 5.59. The minimum absolute atomic E-state index is 0.0965. The third-order valence-corrected chi connectivity index (χ3v) is 7.51. The molecule has 0 aliphatic carbocycles. The smallest absolute Gasteiger partial charge is 0.227 e. The number of nitrogens with zero attached hydrogens (tertiary/aromatic N) is 3. The Morgan fingerprint density at radius 3 is 2.81 bits per heavy atom. The summed E-state index contributed by atoms with van der Waals surface area (Å²) in [5.74, 6) is 0.884. The quantitative estimate of drug-likeness (QED) is 0.288. The zero-order valence-electron chi connectivity index (χ0n) is 20.6. The number of nitrogen functional groups attached to an aromatic ring is 1. The maximum atomic E-state index is 12.8. The lowest BCUT2D eigenvalue weighted by Crippen LogP contribution is -2.33. The number of hydrogen-bond donors (Lipinski definition) is 3. The molecule has 5 rings (SSSR count). The molecule has 0 spiro atoms. The number of thiazole rings is 1. The van der Waals surface area contributed by atoms with Crippen molar-refractivity contribution in [3.05, 3.63) is 48.2 Å². The largest absolute Gasteiger partial charge is 0.493 e. The first-order valence-electron chi connectivity index (χ1n) is 12.0. The second-order valence-corrected chi connectivity index (χ2v) is 9.82. The summed E-state index contributed by atoms with van der Waals surface area (Å²) in [4.78, 5) is 31.8. The number of aryl methyl sites for hydroxylation is 1. The Balaban J connectivity index is 1.17. The number of aromatic nitrogens is 3. The van der Waals surface area contributed by atoms with Crippen LogP contribution < -0.4 is 25.4 Å². The van der Waals surface area contributed by atoms with Gasteiger partial charge in [0.05, 0.1) is 35.9 Å². The normalized spacial score (nSPS) is 15.4. The molecule has 0 saturated carbocycles. The van der Waals surface area contributed by atoms with Crippen LogP contribution in [0.5, 0.6) is 11.5 Å². The Bertz CT molecular complexity index is 1420. The highest BCUT2D eigenvalue weighted by atomic mass is 32.1. The van der Waals surface area contributed by atoms with Gasteiger partial charge in [-0.15, -0.1) is 11.3 Å². The second-order valence-electron chi connectivity index (χ2n) is 8.79. The molecule has 4 N–H and O–H groups in total. The zero-order valence-corrected chi connectivity index (χ0v) is 21.4. The Kier molecular flexibility index (Phi) is 6.95. The number of methoxy groups -OCH3 is 2. The third-order valence-electron chi connectivity index (χ3n) is 6.45. The van der Waals surface area contributed by atoms with Crippen LogP contribution in [0.3, 0.4) is 0 Å². The molecule has 37 heavy (non-hydrogen) atoms. The van der Waals surface area contributed by atoms with E-state index in [1.165, 1.54) is 0 Å². The minimum Gasteiger partial charge on any atom is -0.493 e. The molecule has 10 nitrogen and oxygen atoms in total. The predicted octanol–water partition coefficient (Wildman–Crippen LogP) is 3.39. The van der Waals surface area contributed by atoms with Crippen LogP contribution in [0, 0.1) is 5.92 Å². The number of ether oxygens (including phenoxy) is 2. The molecule has 1 unspecified atom stereocenters. The van der Waals surface area contributed by atoms with E-state index in [1.54, 1.807) is 48.7 Å². The number of H-pyrrole nitrogens is 1. The summed E-state index contributed by atoms with van der Waals surface area (Å²) in [6.07, 6.45) is 1.50. The molecule has 11 heteroatoms. The highest BCUT2D eigenvalue weighted by molar-refractivity contribution is 7.21. The lowest BCUT2D eigenvalue weighted by atomic mass is 10.1. The molecule has 2 aromatic carbocycles. The van der Waals surface area contributed by atoms with Crippen molar-refractivity contribution in [2.75, 3.05) is 37.9 Å². The van der Waals surface area contributed by atoms with Crippen LogP contribution >= 0.6 is 11.3 Å². The molecule has 2 aromatic heterocycles. The van der Waals surface area contributed by atoms with Crippen LogP contribution in [0.1, 0.15) is 18.5 Å². The van der Waals surface area contributed by atoms with Crippen molar-refractivity contribution in [2.24, 2.45) is 5.92 Å². The van der Waals surface area contributed by atoms with Crippen LogP contribution in [-0.4, -0.2) is 54.3 Å². The van der Waals surface area contributed by atoms with Crippen LogP contribution in [0.15, 0.2) is 42.5 Å². The van der Waals surface area contributed by atoms with Gasteiger partial charge in [-0.05, 0) is 37.1 Å². The number of para-hydroxylation sites is 1. The van der Waals surface area contributed by atoms with Crippen molar-refractivity contribution in [3.63, 3.8) is 0 Å². The lowest BCUT2D eigenvalue weighted by molar-refractivity contribution is -0.126. The van der Waals surface area contributed by atoms with E-state index in [1.807, 2.05) is 24.3 Å². The number of hydrogen-bond acceptors (Lipinski definition) is 8. The van der Waals surface area contributed by atoms with Gasteiger partial charge >= 0.3 is 0 Å². The molecule has 1 aliphatic rings. The van der Waals surface area contributed by atoms with E-state index in [2.05, 4.69) is 15.5 Å². The van der Waals surface area contributed by atoms with Crippen LogP contribution in [-0.2, 0) is 16.0 Å². The Morgan fingerprint density at radius 2 is 2.03 bits per heavy atom. The molecule has 0 bridgehead atoms. The molecule has 3 heterocycles. The summed E-state index contributed by atoms with van der Waals surface area (Å²) >= 11 is 1.57. The number of nitrogens with two attached hydrogens (primary N) is 1. The monoisotopic (exact) mass is 520 g/mol. The molecule has 1 atom stereocenters. The number of benzene rings is 2.